The fraction of sp³-hybridized carbons (Fsp3) is 0.133. The Morgan fingerprint density at radius 1 is 1.10 bits per heavy atom. The van der Waals surface area contributed by atoms with Gasteiger partial charge in [0.05, 0.1) is 0 Å². The van der Waals surface area contributed by atoms with E-state index in [0.29, 0.717) is 29.9 Å². The Morgan fingerprint density at radius 3 is 2.45 bits per heavy atom. The first-order valence-corrected chi connectivity index (χ1v) is 6.23. The van der Waals surface area contributed by atoms with Gasteiger partial charge in [-0.15, -0.1) is 0 Å². The van der Waals surface area contributed by atoms with Crippen LogP contribution in [0.5, 0.6) is 0 Å². The highest BCUT2D eigenvalue weighted by atomic mass is 19.1. The SMILES string of the molecule is Nc1cc(N)cc(C(=O)NCCc2cccc(F)c2)c1. The molecule has 2 aromatic rings. The lowest BCUT2D eigenvalue weighted by Crippen LogP contribution is -2.25. The minimum Gasteiger partial charge on any atom is -0.399 e. The first-order chi connectivity index (χ1) is 9.54. The van der Waals surface area contributed by atoms with Crippen molar-refractivity contribution in [1.82, 2.24) is 5.32 Å². The second-order valence-electron chi connectivity index (χ2n) is 4.52. The Hall–Kier alpha value is -2.56. The second kappa shape index (κ2) is 6.06. The molecule has 0 unspecified atom stereocenters. The van der Waals surface area contributed by atoms with Crippen LogP contribution >= 0.6 is 0 Å². The largest absolute Gasteiger partial charge is 0.399 e. The van der Waals surface area contributed by atoms with Crippen LogP contribution in [0.1, 0.15) is 15.9 Å². The zero-order valence-corrected chi connectivity index (χ0v) is 10.9. The van der Waals surface area contributed by atoms with Crippen molar-refractivity contribution in [1.29, 1.82) is 0 Å². The van der Waals surface area contributed by atoms with Gasteiger partial charge in [-0.2, -0.15) is 0 Å². The second-order valence-corrected chi connectivity index (χ2v) is 4.52. The molecule has 5 N–H and O–H groups in total. The average molecular weight is 273 g/mol. The Kier molecular flexibility index (Phi) is 4.20. The topological polar surface area (TPSA) is 81.1 Å². The fourth-order valence-electron chi connectivity index (χ4n) is 1.92. The quantitative estimate of drug-likeness (QED) is 0.745. The van der Waals surface area contributed by atoms with Crippen molar-refractivity contribution in [3.8, 4) is 0 Å². The van der Waals surface area contributed by atoms with Crippen LogP contribution < -0.4 is 16.8 Å². The van der Waals surface area contributed by atoms with Gasteiger partial charge in [0, 0.05) is 23.5 Å². The number of nitrogens with one attached hydrogen (secondary N) is 1. The molecule has 0 saturated heterocycles. The molecule has 0 aliphatic heterocycles. The maximum absolute atomic E-state index is 13.0. The molecule has 0 saturated carbocycles. The normalized spacial score (nSPS) is 10.2. The number of benzene rings is 2. The monoisotopic (exact) mass is 273 g/mol. The minimum absolute atomic E-state index is 0.250. The molecule has 0 aliphatic rings. The molecule has 2 aromatic carbocycles. The molecule has 0 spiro atoms. The average Bonchev–Trinajstić information content (AvgIpc) is 2.37. The summed E-state index contributed by atoms with van der Waals surface area (Å²) in [4.78, 5) is 11.9. The lowest BCUT2D eigenvalue weighted by atomic mass is 10.1. The smallest absolute Gasteiger partial charge is 0.251 e. The summed E-state index contributed by atoms with van der Waals surface area (Å²) in [5.41, 5.74) is 13.4. The third-order valence-electron chi connectivity index (χ3n) is 2.83. The van der Waals surface area contributed by atoms with Crippen molar-refractivity contribution in [3.63, 3.8) is 0 Å². The molecule has 0 radical (unpaired) electrons. The number of carbonyl (C=O) groups is 1. The van der Waals surface area contributed by atoms with E-state index in [1.54, 1.807) is 24.3 Å². The van der Waals surface area contributed by atoms with E-state index in [1.165, 1.54) is 12.1 Å². The number of nitrogen functional groups attached to an aromatic ring is 2. The first kappa shape index (κ1) is 13.9. The first-order valence-electron chi connectivity index (χ1n) is 6.23. The van der Waals surface area contributed by atoms with E-state index in [4.69, 9.17) is 11.5 Å². The van der Waals surface area contributed by atoms with E-state index in [2.05, 4.69) is 5.32 Å². The number of anilines is 2. The van der Waals surface area contributed by atoms with Gasteiger partial charge in [0.1, 0.15) is 5.82 Å². The van der Waals surface area contributed by atoms with Gasteiger partial charge in [0.2, 0.25) is 0 Å². The van der Waals surface area contributed by atoms with Crippen molar-refractivity contribution < 1.29 is 9.18 Å². The number of nitrogens with two attached hydrogens (primary N) is 2. The molecule has 0 aromatic heterocycles. The van der Waals surface area contributed by atoms with E-state index in [9.17, 15) is 9.18 Å². The molecule has 2 rings (SSSR count). The number of amides is 1. The van der Waals surface area contributed by atoms with Gasteiger partial charge in [0.25, 0.3) is 5.91 Å². The molecule has 4 nitrogen and oxygen atoms in total. The summed E-state index contributed by atoms with van der Waals surface area (Å²) in [7, 11) is 0. The fourth-order valence-corrected chi connectivity index (χ4v) is 1.92. The van der Waals surface area contributed by atoms with Gasteiger partial charge in [-0.05, 0) is 42.3 Å². The molecule has 5 heteroatoms. The molecule has 104 valence electrons. The van der Waals surface area contributed by atoms with Crippen LogP contribution in [0.4, 0.5) is 15.8 Å². The molecule has 0 atom stereocenters. The standard InChI is InChI=1S/C15H16FN3O/c16-12-3-1-2-10(6-12)4-5-19-15(20)11-7-13(17)9-14(18)8-11/h1-3,6-9H,4-5,17-18H2,(H,19,20). The molecular formula is C15H16FN3O. The summed E-state index contributed by atoms with van der Waals surface area (Å²) in [5, 5.41) is 2.75. The van der Waals surface area contributed by atoms with Crippen LogP contribution in [-0.2, 0) is 6.42 Å². The zero-order valence-electron chi connectivity index (χ0n) is 10.9. The predicted molar refractivity (Wildman–Crippen MR) is 77.7 cm³/mol. The van der Waals surface area contributed by atoms with Gasteiger partial charge < -0.3 is 16.8 Å². The highest BCUT2D eigenvalue weighted by Gasteiger charge is 2.06. The van der Waals surface area contributed by atoms with Gasteiger partial charge in [-0.25, -0.2) is 4.39 Å². The molecular weight excluding hydrogens is 257 g/mol. The summed E-state index contributed by atoms with van der Waals surface area (Å²) in [6, 6.07) is 11.0. The number of hydrogen-bond donors (Lipinski definition) is 3. The number of rotatable bonds is 4. The van der Waals surface area contributed by atoms with Crippen LogP contribution in [0.15, 0.2) is 42.5 Å². The number of hydrogen-bond acceptors (Lipinski definition) is 3. The Morgan fingerprint density at radius 2 is 1.80 bits per heavy atom. The summed E-state index contributed by atoms with van der Waals surface area (Å²) in [5.74, 6) is -0.530. The molecule has 0 heterocycles. The van der Waals surface area contributed by atoms with E-state index in [0.717, 1.165) is 5.56 Å². The maximum Gasteiger partial charge on any atom is 0.251 e. The van der Waals surface area contributed by atoms with Crippen molar-refractivity contribution in [2.24, 2.45) is 0 Å². The summed E-state index contributed by atoms with van der Waals surface area (Å²) in [6.45, 7) is 0.414. The van der Waals surface area contributed by atoms with E-state index in [1.807, 2.05) is 6.07 Å². The molecule has 0 aliphatic carbocycles. The summed E-state index contributed by atoms with van der Waals surface area (Å²) >= 11 is 0. The zero-order chi connectivity index (χ0) is 14.5. The third kappa shape index (κ3) is 3.71. The third-order valence-corrected chi connectivity index (χ3v) is 2.83. The van der Waals surface area contributed by atoms with Gasteiger partial charge in [0.15, 0.2) is 0 Å². The maximum atomic E-state index is 13.0. The van der Waals surface area contributed by atoms with Crippen LogP contribution in [0.2, 0.25) is 0 Å². The van der Waals surface area contributed by atoms with Gasteiger partial charge in [-0.3, -0.25) is 4.79 Å². The van der Waals surface area contributed by atoms with Crippen LogP contribution in [0, 0.1) is 5.82 Å². The summed E-state index contributed by atoms with van der Waals surface area (Å²) in [6.07, 6.45) is 0.557. The van der Waals surface area contributed by atoms with E-state index >= 15 is 0 Å². The van der Waals surface area contributed by atoms with Crippen LogP contribution in [0.25, 0.3) is 0 Å². The predicted octanol–water partition coefficient (Wildman–Crippen LogP) is 1.96. The molecule has 0 bridgehead atoms. The highest BCUT2D eigenvalue weighted by Crippen LogP contribution is 2.13. The Balaban J connectivity index is 1.92. The lowest BCUT2D eigenvalue weighted by molar-refractivity contribution is 0.0954. The van der Waals surface area contributed by atoms with Gasteiger partial charge in [-0.1, -0.05) is 12.1 Å². The van der Waals surface area contributed by atoms with Crippen LogP contribution in [0.3, 0.4) is 0 Å². The Labute approximate surface area is 116 Å². The van der Waals surface area contributed by atoms with Crippen molar-refractivity contribution in [2.75, 3.05) is 18.0 Å². The summed E-state index contributed by atoms with van der Waals surface area (Å²) < 4.78 is 13.0. The van der Waals surface area contributed by atoms with Crippen LogP contribution in [-0.4, -0.2) is 12.5 Å². The Bertz CT molecular complexity index is 608. The van der Waals surface area contributed by atoms with Crippen molar-refractivity contribution in [2.45, 2.75) is 6.42 Å². The van der Waals surface area contributed by atoms with E-state index in [-0.39, 0.29) is 11.7 Å². The molecule has 20 heavy (non-hydrogen) atoms. The van der Waals surface area contributed by atoms with Crippen molar-refractivity contribution in [3.05, 3.63) is 59.4 Å². The minimum atomic E-state index is -0.280. The van der Waals surface area contributed by atoms with Crippen molar-refractivity contribution >= 4 is 17.3 Å². The van der Waals surface area contributed by atoms with E-state index < -0.39 is 0 Å². The molecule has 0 fully saturated rings. The number of carbonyl (C=O) groups excluding carboxylic acids is 1. The number of halogens is 1. The van der Waals surface area contributed by atoms with Gasteiger partial charge >= 0.3 is 0 Å². The highest BCUT2D eigenvalue weighted by molar-refractivity contribution is 5.96. The molecule has 1 amide bonds. The lowest BCUT2D eigenvalue weighted by Gasteiger charge is -2.07.